The zero-order valence-corrected chi connectivity index (χ0v) is 14.3. The van der Waals surface area contributed by atoms with Crippen molar-refractivity contribution in [1.29, 1.82) is 0 Å². The van der Waals surface area contributed by atoms with E-state index in [1.165, 1.54) is 11.3 Å². The Bertz CT molecular complexity index is 650. The molecule has 2 N–H and O–H groups in total. The third kappa shape index (κ3) is 4.33. The molecule has 0 unspecified atom stereocenters. The number of para-hydroxylation sites is 1. The Morgan fingerprint density at radius 3 is 2.35 bits per heavy atom. The molecule has 0 saturated heterocycles. The minimum absolute atomic E-state index is 0.0576. The zero-order chi connectivity index (χ0) is 16.8. The third-order valence-corrected chi connectivity index (χ3v) is 3.94. The maximum Gasteiger partial charge on any atom is 0.251 e. The van der Waals surface area contributed by atoms with Crippen LogP contribution in [-0.2, 0) is 6.54 Å². The van der Waals surface area contributed by atoms with Gasteiger partial charge >= 0.3 is 0 Å². The van der Waals surface area contributed by atoms with Gasteiger partial charge in [-0.3, -0.25) is 4.79 Å². The van der Waals surface area contributed by atoms with Crippen molar-refractivity contribution < 1.29 is 4.79 Å². The maximum atomic E-state index is 11.5. The van der Waals surface area contributed by atoms with Gasteiger partial charge in [0.1, 0.15) is 0 Å². The van der Waals surface area contributed by atoms with Crippen LogP contribution < -0.4 is 15.5 Å². The van der Waals surface area contributed by atoms with Crippen LogP contribution in [0.1, 0.15) is 34.5 Å². The van der Waals surface area contributed by atoms with Crippen molar-refractivity contribution in [2.75, 3.05) is 26.0 Å². The van der Waals surface area contributed by atoms with E-state index in [2.05, 4.69) is 60.8 Å². The van der Waals surface area contributed by atoms with E-state index in [4.69, 9.17) is 0 Å². The minimum Gasteiger partial charge on any atom is -0.377 e. The monoisotopic (exact) mass is 311 g/mol. The quantitative estimate of drug-likeness (QED) is 0.862. The molecule has 0 aliphatic carbocycles. The van der Waals surface area contributed by atoms with Crippen molar-refractivity contribution in [2.45, 2.75) is 19.5 Å². The molecule has 1 amide bonds. The van der Waals surface area contributed by atoms with Gasteiger partial charge in [0, 0.05) is 45.0 Å². The first-order valence-electron chi connectivity index (χ1n) is 7.83. The number of anilines is 1. The summed E-state index contributed by atoms with van der Waals surface area (Å²) in [5.74, 6) is -0.0576. The number of amides is 1. The van der Waals surface area contributed by atoms with Crippen molar-refractivity contribution in [3.05, 3.63) is 65.2 Å². The lowest BCUT2D eigenvalue weighted by atomic mass is 10.0. The summed E-state index contributed by atoms with van der Waals surface area (Å²) in [6, 6.07) is 16.3. The fraction of sp³-hybridized carbons (Fsp3) is 0.316. The molecule has 0 radical (unpaired) electrons. The molecule has 2 rings (SSSR count). The summed E-state index contributed by atoms with van der Waals surface area (Å²) < 4.78 is 0. The topological polar surface area (TPSA) is 44.4 Å². The first-order chi connectivity index (χ1) is 11.0. The van der Waals surface area contributed by atoms with E-state index in [1.807, 2.05) is 24.3 Å². The van der Waals surface area contributed by atoms with Gasteiger partial charge in [0.15, 0.2) is 0 Å². The SMILES string of the molecule is CNC(=O)c1ccc(CN[C@@H](C)c2ccccc2N(C)C)cc1. The van der Waals surface area contributed by atoms with E-state index in [0.717, 1.165) is 12.1 Å². The second-order valence-corrected chi connectivity index (χ2v) is 5.83. The molecule has 0 saturated carbocycles. The van der Waals surface area contributed by atoms with Gasteiger partial charge in [-0.05, 0) is 36.2 Å². The van der Waals surface area contributed by atoms with Crippen LogP contribution in [0.2, 0.25) is 0 Å². The number of rotatable bonds is 6. The molecule has 4 nitrogen and oxygen atoms in total. The van der Waals surface area contributed by atoms with Gasteiger partial charge < -0.3 is 15.5 Å². The molecule has 0 fully saturated rings. The van der Waals surface area contributed by atoms with Crippen LogP contribution in [0.15, 0.2) is 48.5 Å². The Morgan fingerprint density at radius 1 is 1.09 bits per heavy atom. The molecule has 2 aromatic rings. The average molecular weight is 311 g/mol. The Kier molecular flexibility index (Phi) is 5.77. The van der Waals surface area contributed by atoms with E-state index in [0.29, 0.717) is 5.56 Å². The molecule has 4 heteroatoms. The molecule has 2 aromatic carbocycles. The van der Waals surface area contributed by atoms with Crippen LogP contribution in [0.25, 0.3) is 0 Å². The van der Waals surface area contributed by atoms with Gasteiger partial charge in [0.25, 0.3) is 5.91 Å². The van der Waals surface area contributed by atoms with Crippen molar-refractivity contribution >= 4 is 11.6 Å². The molecule has 0 bridgehead atoms. The summed E-state index contributed by atoms with van der Waals surface area (Å²) in [5, 5.41) is 6.18. The largest absolute Gasteiger partial charge is 0.377 e. The lowest BCUT2D eigenvalue weighted by molar-refractivity contribution is 0.0963. The molecule has 0 spiro atoms. The molecular formula is C19H25N3O. The van der Waals surface area contributed by atoms with Gasteiger partial charge in [-0.2, -0.15) is 0 Å². The highest BCUT2D eigenvalue weighted by molar-refractivity contribution is 5.93. The number of nitrogens with one attached hydrogen (secondary N) is 2. The van der Waals surface area contributed by atoms with Crippen molar-refractivity contribution in [3.8, 4) is 0 Å². The Labute approximate surface area is 138 Å². The summed E-state index contributed by atoms with van der Waals surface area (Å²) in [4.78, 5) is 13.7. The fourth-order valence-corrected chi connectivity index (χ4v) is 2.56. The van der Waals surface area contributed by atoms with Gasteiger partial charge in [-0.1, -0.05) is 30.3 Å². The summed E-state index contributed by atoms with van der Waals surface area (Å²) in [5.41, 5.74) is 4.34. The Hall–Kier alpha value is -2.33. The van der Waals surface area contributed by atoms with Crippen LogP contribution in [0.5, 0.6) is 0 Å². The minimum atomic E-state index is -0.0576. The molecule has 0 aliphatic heterocycles. The van der Waals surface area contributed by atoms with E-state index in [-0.39, 0.29) is 11.9 Å². The predicted octanol–water partition coefficient (Wildman–Crippen LogP) is 2.96. The molecule has 0 aliphatic rings. The van der Waals surface area contributed by atoms with Crippen LogP contribution >= 0.6 is 0 Å². The normalized spacial score (nSPS) is 11.8. The van der Waals surface area contributed by atoms with Gasteiger partial charge in [-0.15, -0.1) is 0 Å². The molecule has 0 heterocycles. The van der Waals surface area contributed by atoms with E-state index in [1.54, 1.807) is 7.05 Å². The van der Waals surface area contributed by atoms with E-state index >= 15 is 0 Å². The van der Waals surface area contributed by atoms with Gasteiger partial charge in [-0.25, -0.2) is 0 Å². The average Bonchev–Trinajstić information content (AvgIpc) is 2.59. The number of carbonyl (C=O) groups is 1. The highest BCUT2D eigenvalue weighted by Gasteiger charge is 2.11. The van der Waals surface area contributed by atoms with Gasteiger partial charge in [0.2, 0.25) is 0 Å². The van der Waals surface area contributed by atoms with Crippen molar-refractivity contribution in [2.24, 2.45) is 0 Å². The smallest absolute Gasteiger partial charge is 0.251 e. The first kappa shape index (κ1) is 17.0. The van der Waals surface area contributed by atoms with E-state index in [9.17, 15) is 4.79 Å². The number of carbonyl (C=O) groups excluding carboxylic acids is 1. The number of hydrogen-bond donors (Lipinski definition) is 2. The summed E-state index contributed by atoms with van der Waals surface area (Å²) in [6.07, 6.45) is 0. The first-order valence-corrected chi connectivity index (χ1v) is 7.83. The zero-order valence-electron chi connectivity index (χ0n) is 14.3. The summed E-state index contributed by atoms with van der Waals surface area (Å²) in [6.45, 7) is 2.93. The second-order valence-electron chi connectivity index (χ2n) is 5.83. The number of benzene rings is 2. The fourth-order valence-electron chi connectivity index (χ4n) is 2.56. The molecule has 23 heavy (non-hydrogen) atoms. The number of hydrogen-bond acceptors (Lipinski definition) is 3. The standard InChI is InChI=1S/C19H25N3O/c1-14(17-7-5-6-8-18(17)22(3)4)21-13-15-9-11-16(12-10-15)19(23)20-2/h5-12,14,21H,13H2,1-4H3,(H,20,23)/t14-/m0/s1. The Balaban J connectivity index is 2.02. The van der Waals surface area contributed by atoms with Crippen LogP contribution in [-0.4, -0.2) is 27.1 Å². The molecular weight excluding hydrogens is 286 g/mol. The third-order valence-electron chi connectivity index (χ3n) is 3.94. The van der Waals surface area contributed by atoms with Crippen molar-refractivity contribution in [1.82, 2.24) is 10.6 Å². The van der Waals surface area contributed by atoms with Gasteiger partial charge in [0.05, 0.1) is 0 Å². The number of nitrogens with zero attached hydrogens (tertiary/aromatic N) is 1. The molecule has 0 aromatic heterocycles. The molecule has 122 valence electrons. The molecule has 1 atom stereocenters. The van der Waals surface area contributed by atoms with Crippen LogP contribution in [0.3, 0.4) is 0 Å². The van der Waals surface area contributed by atoms with E-state index < -0.39 is 0 Å². The summed E-state index contributed by atoms with van der Waals surface area (Å²) >= 11 is 0. The second kappa shape index (κ2) is 7.79. The van der Waals surface area contributed by atoms with Crippen LogP contribution in [0.4, 0.5) is 5.69 Å². The highest BCUT2D eigenvalue weighted by Crippen LogP contribution is 2.24. The van der Waals surface area contributed by atoms with Crippen LogP contribution in [0, 0.1) is 0 Å². The predicted molar refractivity (Wildman–Crippen MR) is 95.9 cm³/mol. The maximum absolute atomic E-state index is 11.5. The van der Waals surface area contributed by atoms with Crippen molar-refractivity contribution in [3.63, 3.8) is 0 Å². The lowest BCUT2D eigenvalue weighted by Gasteiger charge is -2.22. The lowest BCUT2D eigenvalue weighted by Crippen LogP contribution is -2.21. The summed E-state index contributed by atoms with van der Waals surface area (Å²) in [7, 11) is 5.76. The highest BCUT2D eigenvalue weighted by atomic mass is 16.1. The Morgan fingerprint density at radius 2 is 1.74 bits per heavy atom.